The fourth-order valence-corrected chi connectivity index (χ4v) is 3.60. The molecule has 3 rings (SSSR count). The minimum absolute atomic E-state index is 0.00963. The second-order valence-corrected chi connectivity index (χ2v) is 7.53. The van der Waals surface area contributed by atoms with Gasteiger partial charge < -0.3 is 4.57 Å². The molecule has 0 unspecified atom stereocenters. The van der Waals surface area contributed by atoms with Crippen LogP contribution in [0.5, 0.6) is 0 Å². The Morgan fingerprint density at radius 3 is 2.55 bits per heavy atom. The summed E-state index contributed by atoms with van der Waals surface area (Å²) in [7, 11) is 0. The number of aryl methyl sites for hydroxylation is 1. The zero-order valence-electron chi connectivity index (χ0n) is 16.8. The monoisotopic (exact) mass is 447 g/mol. The first-order valence-corrected chi connectivity index (χ1v) is 10.4. The second-order valence-electron chi connectivity index (χ2n) is 6.58. The van der Waals surface area contributed by atoms with Crippen molar-refractivity contribution in [2.45, 2.75) is 31.7 Å². The SMILES string of the molecule is CCn1c(SCC(=O)N/N=C/c2ccccc2C(F)(F)F)nnc1-c1ccc(C)cc1. The number of halogens is 3. The van der Waals surface area contributed by atoms with Crippen LogP contribution in [0.3, 0.4) is 0 Å². The number of amides is 1. The molecule has 0 radical (unpaired) electrons. The summed E-state index contributed by atoms with van der Waals surface area (Å²) >= 11 is 1.18. The minimum atomic E-state index is -4.50. The molecular formula is C21H20F3N5OS. The Labute approximate surface area is 181 Å². The summed E-state index contributed by atoms with van der Waals surface area (Å²) in [5.41, 5.74) is 3.36. The van der Waals surface area contributed by atoms with E-state index >= 15 is 0 Å². The number of hydrazone groups is 1. The van der Waals surface area contributed by atoms with Crippen molar-refractivity contribution in [2.75, 3.05) is 5.75 Å². The number of alkyl halides is 3. The van der Waals surface area contributed by atoms with Crippen molar-refractivity contribution in [1.29, 1.82) is 0 Å². The van der Waals surface area contributed by atoms with E-state index in [0.29, 0.717) is 17.5 Å². The molecule has 0 spiro atoms. The lowest BCUT2D eigenvalue weighted by Gasteiger charge is -2.09. The van der Waals surface area contributed by atoms with Crippen molar-refractivity contribution in [1.82, 2.24) is 20.2 Å². The number of rotatable bonds is 7. The van der Waals surface area contributed by atoms with Crippen LogP contribution in [-0.4, -0.2) is 32.6 Å². The normalized spacial score (nSPS) is 11.8. The summed E-state index contributed by atoms with van der Waals surface area (Å²) in [4.78, 5) is 12.1. The van der Waals surface area contributed by atoms with Gasteiger partial charge >= 0.3 is 6.18 Å². The maximum Gasteiger partial charge on any atom is 0.417 e. The van der Waals surface area contributed by atoms with Crippen molar-refractivity contribution in [2.24, 2.45) is 5.10 Å². The van der Waals surface area contributed by atoms with E-state index < -0.39 is 17.6 Å². The number of thioether (sulfide) groups is 1. The maximum atomic E-state index is 13.0. The number of hydrogen-bond acceptors (Lipinski definition) is 5. The highest BCUT2D eigenvalue weighted by atomic mass is 32.2. The lowest BCUT2D eigenvalue weighted by Crippen LogP contribution is -2.20. The third-order valence-electron chi connectivity index (χ3n) is 4.33. The van der Waals surface area contributed by atoms with E-state index in [9.17, 15) is 18.0 Å². The van der Waals surface area contributed by atoms with Crippen molar-refractivity contribution in [3.63, 3.8) is 0 Å². The number of hydrogen-bond donors (Lipinski definition) is 1. The molecule has 0 aliphatic carbocycles. The topological polar surface area (TPSA) is 72.2 Å². The van der Waals surface area contributed by atoms with Crippen molar-refractivity contribution < 1.29 is 18.0 Å². The molecule has 1 N–H and O–H groups in total. The van der Waals surface area contributed by atoms with E-state index in [2.05, 4.69) is 20.7 Å². The van der Waals surface area contributed by atoms with Crippen molar-refractivity contribution in [3.05, 3.63) is 65.2 Å². The molecule has 0 saturated heterocycles. The summed E-state index contributed by atoms with van der Waals surface area (Å²) < 4.78 is 40.9. The van der Waals surface area contributed by atoms with Gasteiger partial charge in [0.15, 0.2) is 11.0 Å². The van der Waals surface area contributed by atoms with E-state index in [0.717, 1.165) is 23.4 Å². The summed E-state index contributed by atoms with van der Waals surface area (Å²) in [6, 6.07) is 12.9. The van der Waals surface area contributed by atoms with Crippen LogP contribution < -0.4 is 5.43 Å². The Kier molecular flexibility index (Phi) is 7.11. The molecule has 31 heavy (non-hydrogen) atoms. The molecular weight excluding hydrogens is 427 g/mol. The fourth-order valence-electron chi connectivity index (χ4n) is 2.80. The van der Waals surface area contributed by atoms with Gasteiger partial charge in [-0.25, -0.2) is 5.43 Å². The van der Waals surface area contributed by atoms with Gasteiger partial charge in [0.25, 0.3) is 5.91 Å². The van der Waals surface area contributed by atoms with E-state index in [4.69, 9.17) is 0 Å². The molecule has 6 nitrogen and oxygen atoms in total. The molecule has 162 valence electrons. The molecule has 0 bridgehead atoms. The van der Waals surface area contributed by atoms with Gasteiger partial charge in [-0.15, -0.1) is 10.2 Å². The lowest BCUT2D eigenvalue weighted by atomic mass is 10.1. The van der Waals surface area contributed by atoms with Crippen LogP contribution in [-0.2, 0) is 17.5 Å². The zero-order chi connectivity index (χ0) is 22.4. The highest BCUT2D eigenvalue weighted by Gasteiger charge is 2.32. The molecule has 1 aromatic heterocycles. The van der Waals surface area contributed by atoms with E-state index in [1.165, 1.54) is 30.0 Å². The molecule has 1 amide bonds. The highest BCUT2D eigenvalue weighted by Crippen LogP contribution is 2.31. The second kappa shape index (κ2) is 9.78. The van der Waals surface area contributed by atoms with Crippen LogP contribution in [0.1, 0.15) is 23.6 Å². The van der Waals surface area contributed by atoms with Gasteiger partial charge in [-0.3, -0.25) is 4.79 Å². The number of carbonyl (C=O) groups is 1. The number of nitrogens with zero attached hydrogens (tertiary/aromatic N) is 4. The predicted octanol–water partition coefficient (Wildman–Crippen LogP) is 4.53. The molecule has 0 saturated carbocycles. The van der Waals surface area contributed by atoms with Crippen LogP contribution in [0.4, 0.5) is 13.2 Å². The molecule has 0 fully saturated rings. The smallest absolute Gasteiger partial charge is 0.302 e. The Hall–Kier alpha value is -3.14. The van der Waals surface area contributed by atoms with Crippen LogP contribution in [0, 0.1) is 6.92 Å². The zero-order valence-corrected chi connectivity index (χ0v) is 17.7. The van der Waals surface area contributed by atoms with Crippen LogP contribution >= 0.6 is 11.8 Å². The number of benzene rings is 2. The average molecular weight is 447 g/mol. The predicted molar refractivity (Wildman–Crippen MR) is 114 cm³/mol. The Balaban J connectivity index is 1.62. The summed E-state index contributed by atoms with van der Waals surface area (Å²) in [6.07, 6.45) is -3.52. The summed E-state index contributed by atoms with van der Waals surface area (Å²) in [6.45, 7) is 4.57. The third kappa shape index (κ3) is 5.72. The quantitative estimate of drug-likeness (QED) is 0.328. The van der Waals surface area contributed by atoms with Crippen LogP contribution in [0.2, 0.25) is 0 Å². The standard InChI is InChI=1S/C21H20F3N5OS/c1-3-29-19(15-10-8-14(2)9-11-15)27-28-20(29)31-13-18(30)26-25-12-16-6-4-5-7-17(16)21(22,23)24/h4-12H,3,13H2,1-2H3,(H,26,30)/b25-12+. The van der Waals surface area contributed by atoms with Crippen molar-refractivity contribution >= 4 is 23.9 Å². The lowest BCUT2D eigenvalue weighted by molar-refractivity contribution is -0.137. The summed E-state index contributed by atoms with van der Waals surface area (Å²) in [5, 5.41) is 12.6. The number of nitrogens with one attached hydrogen (secondary N) is 1. The van der Waals surface area contributed by atoms with E-state index in [1.54, 1.807) is 0 Å². The number of aromatic nitrogens is 3. The number of carbonyl (C=O) groups excluding carboxylic acids is 1. The first-order chi connectivity index (χ1) is 14.8. The molecule has 2 aromatic carbocycles. The van der Waals surface area contributed by atoms with Gasteiger partial charge in [0.05, 0.1) is 17.5 Å². The Bertz CT molecular complexity index is 1080. The van der Waals surface area contributed by atoms with Gasteiger partial charge in [-0.2, -0.15) is 18.3 Å². The van der Waals surface area contributed by atoms with Gasteiger partial charge in [0.2, 0.25) is 0 Å². The van der Waals surface area contributed by atoms with Gasteiger partial charge in [-0.1, -0.05) is 59.8 Å². The van der Waals surface area contributed by atoms with E-state index in [-0.39, 0.29) is 11.3 Å². The van der Waals surface area contributed by atoms with E-state index in [1.807, 2.05) is 42.7 Å². The molecule has 1 heterocycles. The molecule has 0 atom stereocenters. The largest absolute Gasteiger partial charge is 0.417 e. The molecule has 0 aliphatic rings. The van der Waals surface area contributed by atoms with Gasteiger partial charge in [0.1, 0.15) is 0 Å². The van der Waals surface area contributed by atoms with Gasteiger partial charge in [0, 0.05) is 17.7 Å². The first kappa shape index (κ1) is 22.5. The Morgan fingerprint density at radius 1 is 1.16 bits per heavy atom. The fraction of sp³-hybridized carbons (Fsp3) is 0.238. The minimum Gasteiger partial charge on any atom is -0.302 e. The molecule has 3 aromatic rings. The van der Waals surface area contributed by atoms with Crippen LogP contribution in [0.15, 0.2) is 58.8 Å². The van der Waals surface area contributed by atoms with Crippen molar-refractivity contribution in [3.8, 4) is 11.4 Å². The molecule has 0 aliphatic heterocycles. The maximum absolute atomic E-state index is 13.0. The average Bonchev–Trinajstić information content (AvgIpc) is 3.15. The highest BCUT2D eigenvalue weighted by molar-refractivity contribution is 7.99. The first-order valence-electron chi connectivity index (χ1n) is 9.40. The summed E-state index contributed by atoms with van der Waals surface area (Å²) in [5.74, 6) is 0.227. The third-order valence-corrected chi connectivity index (χ3v) is 5.30. The Morgan fingerprint density at radius 2 is 1.87 bits per heavy atom. The van der Waals surface area contributed by atoms with Gasteiger partial charge in [-0.05, 0) is 19.9 Å². The molecule has 10 heteroatoms. The van der Waals surface area contributed by atoms with Crippen LogP contribution in [0.25, 0.3) is 11.4 Å².